The Morgan fingerprint density at radius 3 is 2.38 bits per heavy atom. The fourth-order valence-electron chi connectivity index (χ4n) is 4.36. The molecule has 1 saturated carbocycles. The zero-order valence-corrected chi connectivity index (χ0v) is 19.3. The molecule has 1 aromatic carbocycles. The van der Waals surface area contributed by atoms with Gasteiger partial charge in [0.25, 0.3) is 11.8 Å². The van der Waals surface area contributed by atoms with Crippen molar-refractivity contribution in [1.29, 1.82) is 0 Å². The number of anilines is 1. The summed E-state index contributed by atoms with van der Waals surface area (Å²) in [6.45, 7) is 2.06. The Balaban J connectivity index is 1.53. The predicted molar refractivity (Wildman–Crippen MR) is 123 cm³/mol. The number of carbonyl (C=O) groups is 3. The van der Waals surface area contributed by atoms with Crippen molar-refractivity contribution in [2.24, 2.45) is 5.73 Å². The minimum Gasteiger partial charge on any atom is -0.497 e. The number of ether oxygens (including phenoxy) is 1. The van der Waals surface area contributed by atoms with E-state index in [-0.39, 0.29) is 30.9 Å². The summed E-state index contributed by atoms with van der Waals surface area (Å²) < 4.78 is 10.2. The van der Waals surface area contributed by atoms with E-state index in [1.54, 1.807) is 38.3 Å². The lowest BCUT2D eigenvalue weighted by molar-refractivity contribution is -0.128. The van der Waals surface area contributed by atoms with E-state index in [2.05, 4.69) is 15.8 Å². The molecule has 0 spiro atoms. The Kier molecular flexibility index (Phi) is 7.01. The second-order valence-electron chi connectivity index (χ2n) is 8.67. The van der Waals surface area contributed by atoms with Gasteiger partial charge in [0.05, 0.1) is 7.11 Å². The molecule has 1 aliphatic carbocycles. The third kappa shape index (κ3) is 5.14. The maximum Gasteiger partial charge on any atom is 0.323 e. The molecule has 1 saturated heterocycles. The number of nitrogens with one attached hydrogen (secondary N) is 2. The van der Waals surface area contributed by atoms with Gasteiger partial charge in [-0.05, 0) is 56.9 Å². The quantitative estimate of drug-likeness (QED) is 0.603. The highest BCUT2D eigenvalue weighted by atomic mass is 16.5. The standard InChI is InChI=1S/C23H30N6O5/c1-14-13-19(27-34-14)22(31)28-11-12-29(23(32)26-17-7-9-18(33-2)10-8-17)21(28)20(30)25-16-5-3-15(24)4-6-16/h7-10,13,15-16,21H,3-6,11-12,24H2,1-2H3,(H,25,30)(H,26,32). The number of nitrogens with zero attached hydrogens (tertiary/aromatic N) is 3. The highest BCUT2D eigenvalue weighted by Gasteiger charge is 2.44. The lowest BCUT2D eigenvalue weighted by Crippen LogP contribution is -2.56. The van der Waals surface area contributed by atoms with E-state index in [1.165, 1.54) is 15.9 Å². The molecule has 1 atom stereocenters. The molecule has 2 aromatic rings. The fourth-order valence-corrected chi connectivity index (χ4v) is 4.36. The topological polar surface area (TPSA) is 143 Å². The van der Waals surface area contributed by atoms with E-state index in [4.69, 9.17) is 15.0 Å². The van der Waals surface area contributed by atoms with Crippen LogP contribution in [-0.2, 0) is 4.79 Å². The number of amides is 4. The Morgan fingerprint density at radius 2 is 1.76 bits per heavy atom. The Labute approximate surface area is 197 Å². The zero-order chi connectivity index (χ0) is 24.2. The third-order valence-corrected chi connectivity index (χ3v) is 6.24. The van der Waals surface area contributed by atoms with Gasteiger partial charge in [-0.3, -0.25) is 14.5 Å². The minimum atomic E-state index is -1.11. The lowest BCUT2D eigenvalue weighted by Gasteiger charge is -2.32. The van der Waals surface area contributed by atoms with Crippen molar-refractivity contribution in [3.05, 3.63) is 41.8 Å². The number of methoxy groups -OCH3 is 1. The van der Waals surface area contributed by atoms with Gasteiger partial charge in [0.15, 0.2) is 11.9 Å². The summed E-state index contributed by atoms with van der Waals surface area (Å²) in [4.78, 5) is 42.4. The van der Waals surface area contributed by atoms with E-state index in [1.807, 2.05) is 0 Å². The first-order valence-electron chi connectivity index (χ1n) is 11.4. The van der Waals surface area contributed by atoms with Gasteiger partial charge in [-0.25, -0.2) is 4.79 Å². The Bertz CT molecular complexity index is 1030. The van der Waals surface area contributed by atoms with Crippen molar-refractivity contribution in [1.82, 2.24) is 20.3 Å². The van der Waals surface area contributed by atoms with Gasteiger partial charge in [0.2, 0.25) is 0 Å². The molecule has 1 unspecified atom stereocenters. The molecule has 34 heavy (non-hydrogen) atoms. The predicted octanol–water partition coefficient (Wildman–Crippen LogP) is 1.69. The molecule has 0 radical (unpaired) electrons. The molecule has 4 N–H and O–H groups in total. The van der Waals surface area contributed by atoms with Crippen molar-refractivity contribution in [2.45, 2.75) is 50.9 Å². The van der Waals surface area contributed by atoms with E-state index in [0.29, 0.717) is 17.2 Å². The molecular formula is C23H30N6O5. The third-order valence-electron chi connectivity index (χ3n) is 6.24. The molecule has 1 aliphatic heterocycles. The maximum atomic E-state index is 13.4. The summed E-state index contributed by atoms with van der Waals surface area (Å²) in [7, 11) is 1.56. The van der Waals surface area contributed by atoms with E-state index >= 15 is 0 Å². The molecule has 2 heterocycles. The van der Waals surface area contributed by atoms with Crippen LogP contribution < -0.4 is 21.1 Å². The molecule has 0 bridgehead atoms. The first-order valence-corrected chi connectivity index (χ1v) is 11.4. The number of nitrogens with two attached hydrogens (primary N) is 1. The van der Waals surface area contributed by atoms with Crippen LogP contribution in [0.1, 0.15) is 41.9 Å². The number of rotatable bonds is 5. The van der Waals surface area contributed by atoms with Crippen LogP contribution in [0.2, 0.25) is 0 Å². The molecule has 182 valence electrons. The first kappa shape index (κ1) is 23.6. The fraction of sp³-hybridized carbons (Fsp3) is 0.478. The van der Waals surface area contributed by atoms with Crippen LogP contribution in [0.3, 0.4) is 0 Å². The second kappa shape index (κ2) is 10.1. The van der Waals surface area contributed by atoms with Gasteiger partial charge >= 0.3 is 6.03 Å². The number of hydrogen-bond acceptors (Lipinski definition) is 7. The average molecular weight is 471 g/mol. The van der Waals surface area contributed by atoms with Crippen molar-refractivity contribution in [2.75, 3.05) is 25.5 Å². The van der Waals surface area contributed by atoms with Crippen LogP contribution in [0.15, 0.2) is 34.9 Å². The van der Waals surface area contributed by atoms with Crippen LogP contribution in [0.5, 0.6) is 5.75 Å². The van der Waals surface area contributed by atoms with Crippen molar-refractivity contribution >= 4 is 23.5 Å². The van der Waals surface area contributed by atoms with Crippen molar-refractivity contribution < 1.29 is 23.6 Å². The molecule has 11 nitrogen and oxygen atoms in total. The highest BCUT2D eigenvalue weighted by Crippen LogP contribution is 2.23. The molecular weight excluding hydrogens is 440 g/mol. The van der Waals surface area contributed by atoms with Gasteiger partial charge in [-0.15, -0.1) is 0 Å². The van der Waals surface area contributed by atoms with Gasteiger partial charge in [-0.1, -0.05) is 5.16 Å². The zero-order valence-electron chi connectivity index (χ0n) is 19.3. The van der Waals surface area contributed by atoms with Crippen LogP contribution in [0.25, 0.3) is 0 Å². The van der Waals surface area contributed by atoms with Gasteiger partial charge in [0.1, 0.15) is 11.5 Å². The number of aryl methyl sites for hydroxylation is 1. The number of aromatic nitrogens is 1. The minimum absolute atomic E-state index is 0.0503. The number of carbonyl (C=O) groups excluding carboxylic acids is 3. The molecule has 11 heteroatoms. The summed E-state index contributed by atoms with van der Waals surface area (Å²) in [5.41, 5.74) is 6.62. The number of hydrogen-bond donors (Lipinski definition) is 3. The summed E-state index contributed by atoms with van der Waals surface area (Å²) in [6, 6.07) is 7.97. The lowest BCUT2D eigenvalue weighted by atomic mass is 9.92. The summed E-state index contributed by atoms with van der Waals surface area (Å²) in [6.07, 6.45) is 2.04. The van der Waals surface area contributed by atoms with Crippen LogP contribution in [-0.4, -0.2) is 71.3 Å². The molecule has 4 rings (SSSR count). The molecule has 2 fully saturated rings. The first-order chi connectivity index (χ1) is 16.4. The maximum absolute atomic E-state index is 13.4. The van der Waals surface area contributed by atoms with Crippen LogP contribution >= 0.6 is 0 Å². The van der Waals surface area contributed by atoms with Gasteiger partial charge in [0, 0.05) is 36.9 Å². The van der Waals surface area contributed by atoms with Crippen molar-refractivity contribution in [3.8, 4) is 5.75 Å². The summed E-state index contributed by atoms with van der Waals surface area (Å²) in [5, 5.41) is 9.60. The largest absolute Gasteiger partial charge is 0.497 e. The molecule has 1 aromatic heterocycles. The summed E-state index contributed by atoms with van der Waals surface area (Å²) in [5.74, 6) is 0.262. The van der Waals surface area contributed by atoms with Gasteiger partial charge < -0.3 is 30.5 Å². The average Bonchev–Trinajstić information content (AvgIpc) is 3.47. The van der Waals surface area contributed by atoms with E-state index in [9.17, 15) is 14.4 Å². The normalized spacial score (nSPS) is 22.4. The Morgan fingerprint density at radius 1 is 1.09 bits per heavy atom. The van der Waals surface area contributed by atoms with Gasteiger partial charge in [-0.2, -0.15) is 0 Å². The smallest absolute Gasteiger partial charge is 0.323 e. The molecule has 2 aliphatic rings. The summed E-state index contributed by atoms with van der Waals surface area (Å²) >= 11 is 0. The number of urea groups is 1. The van der Waals surface area contributed by atoms with E-state index in [0.717, 1.165) is 25.7 Å². The van der Waals surface area contributed by atoms with Crippen LogP contribution in [0, 0.1) is 6.92 Å². The Hall–Kier alpha value is -3.60. The monoisotopic (exact) mass is 470 g/mol. The van der Waals surface area contributed by atoms with Crippen molar-refractivity contribution in [3.63, 3.8) is 0 Å². The highest BCUT2D eigenvalue weighted by molar-refractivity contribution is 5.99. The molecule has 4 amide bonds. The van der Waals surface area contributed by atoms with E-state index < -0.39 is 24.0 Å². The second-order valence-corrected chi connectivity index (χ2v) is 8.67. The van der Waals surface area contributed by atoms with Crippen LogP contribution in [0.4, 0.5) is 10.5 Å². The number of benzene rings is 1. The SMILES string of the molecule is COc1ccc(NC(=O)N2CCN(C(=O)c3cc(C)on3)C2C(=O)NC2CCC(N)CC2)cc1.